The third-order valence-electron chi connectivity index (χ3n) is 5.59. The summed E-state index contributed by atoms with van der Waals surface area (Å²) in [6.07, 6.45) is 2.17. The summed E-state index contributed by atoms with van der Waals surface area (Å²) in [6, 6.07) is 25.9. The zero-order valence-corrected chi connectivity index (χ0v) is 27.2. The van der Waals surface area contributed by atoms with Gasteiger partial charge in [-0.1, -0.05) is 74.0 Å². The Labute approximate surface area is 247 Å². The second kappa shape index (κ2) is 16.4. The fourth-order valence-corrected chi connectivity index (χ4v) is 4.61. The molecule has 0 aliphatic rings. The molecule has 0 radical (unpaired) electrons. The molecule has 0 N–H and O–H groups in total. The molecule has 6 nitrogen and oxygen atoms in total. The van der Waals surface area contributed by atoms with Crippen LogP contribution in [0.3, 0.4) is 0 Å². The van der Waals surface area contributed by atoms with E-state index in [9.17, 15) is 9.46 Å². The van der Waals surface area contributed by atoms with Crippen molar-refractivity contribution in [3.8, 4) is 11.5 Å². The Hall–Kier alpha value is -1.58. The number of methoxy groups -OCH3 is 2. The molecule has 2 atom stereocenters. The van der Waals surface area contributed by atoms with E-state index in [2.05, 4.69) is 16.7 Å². The normalized spacial score (nSPS) is 13.6. The number of ether oxygens (including phenoxy) is 3. The molecule has 8 heteroatoms. The topological polar surface area (TPSA) is 77.1 Å². The van der Waals surface area contributed by atoms with Crippen LogP contribution >= 0.6 is 7.60 Å². The molecule has 3 aromatic carbocycles. The number of hydrogen-bond acceptors (Lipinski definition) is 6. The Bertz CT molecular complexity index is 1040. The molecule has 3 rings (SSSR count). The van der Waals surface area contributed by atoms with Crippen molar-refractivity contribution in [2.24, 2.45) is 0 Å². The summed E-state index contributed by atoms with van der Waals surface area (Å²) >= 11 is 0. The molecule has 37 heavy (non-hydrogen) atoms. The van der Waals surface area contributed by atoms with Gasteiger partial charge in [-0.05, 0) is 47.9 Å². The smallest absolute Gasteiger partial charge is 0.143 e. The van der Waals surface area contributed by atoms with Gasteiger partial charge in [0.2, 0.25) is 0 Å². The summed E-state index contributed by atoms with van der Waals surface area (Å²) in [6.45, 7) is 5.23. The van der Waals surface area contributed by atoms with E-state index >= 15 is 0 Å². The van der Waals surface area contributed by atoms with Crippen molar-refractivity contribution in [3.05, 3.63) is 102 Å². The monoisotopic (exact) mass is 752 g/mol. The zero-order chi connectivity index (χ0) is 27.3. The van der Waals surface area contributed by atoms with Crippen LogP contribution in [0.25, 0.3) is 0 Å². The van der Waals surface area contributed by atoms with Crippen molar-refractivity contribution in [3.63, 3.8) is 0 Å². The number of benzene rings is 3. The average molecular weight is 753 g/mol. The van der Waals surface area contributed by atoms with Gasteiger partial charge < -0.3 is 34.6 Å². The van der Waals surface area contributed by atoms with E-state index in [1.54, 1.807) is 27.6 Å². The summed E-state index contributed by atoms with van der Waals surface area (Å²) in [7, 11) is -0.232. The predicted octanol–water partition coefficient (Wildman–Crippen LogP) is 6.22. The van der Waals surface area contributed by atoms with Crippen molar-refractivity contribution < 1.29 is 60.7 Å². The van der Waals surface area contributed by atoms with Crippen molar-refractivity contribution >= 4 is 7.60 Å². The van der Waals surface area contributed by atoms with Crippen LogP contribution < -0.4 is 14.4 Å². The first-order chi connectivity index (χ1) is 17.7. The van der Waals surface area contributed by atoms with Gasteiger partial charge in [0.05, 0.1) is 14.2 Å². The summed E-state index contributed by atoms with van der Waals surface area (Å²) in [4.78, 5) is 10.5. The first-order valence-corrected chi connectivity index (χ1v) is 13.8. The zero-order valence-electron chi connectivity index (χ0n) is 23.2. The van der Waals surface area contributed by atoms with Gasteiger partial charge in [-0.2, -0.15) is 6.92 Å². The van der Waals surface area contributed by atoms with E-state index in [0.717, 1.165) is 34.9 Å². The fourth-order valence-electron chi connectivity index (χ4n) is 3.84. The average Bonchev–Trinajstić information content (AvgIpc) is 2.93. The molecule has 3 aromatic rings. The van der Waals surface area contributed by atoms with Crippen molar-refractivity contribution in [2.75, 3.05) is 27.5 Å². The van der Waals surface area contributed by atoms with Gasteiger partial charge in [-0.25, -0.2) is 0 Å². The molecule has 0 amide bonds. The summed E-state index contributed by atoms with van der Waals surface area (Å²) in [5, 5.41) is 0. The quantitative estimate of drug-likeness (QED) is 0.132. The maximum Gasteiger partial charge on any atom is 0.143 e. The summed E-state index contributed by atoms with van der Waals surface area (Å²) in [5.74, 6) is 1.58. The van der Waals surface area contributed by atoms with E-state index in [0.29, 0.717) is 13.0 Å². The molecule has 0 aromatic heterocycles. The van der Waals surface area contributed by atoms with E-state index in [1.165, 1.54) is 0 Å². The van der Waals surface area contributed by atoms with Gasteiger partial charge >= 0.3 is 0 Å². The molecule has 2 unspecified atom stereocenters. The van der Waals surface area contributed by atoms with Crippen LogP contribution in [0.5, 0.6) is 11.5 Å². The van der Waals surface area contributed by atoms with Gasteiger partial charge in [-0.3, -0.25) is 0 Å². The Balaban J connectivity index is 0.000000562. The molecule has 0 saturated carbocycles. The van der Waals surface area contributed by atoms with Crippen LogP contribution in [-0.2, 0) is 19.4 Å². The SMILES string of the molecule is C[CH-]C(CC)OP(C)(=O)[O-].[3H]CCOC(c1ccccc1)(c1ccc(OC)cc1)c1ccc(OC)cc1.[U]. The summed E-state index contributed by atoms with van der Waals surface area (Å²) in [5.41, 5.74) is 2.15. The first kappa shape index (κ1) is 31.6. The Morgan fingerprint density at radius 1 is 0.919 bits per heavy atom. The summed E-state index contributed by atoms with van der Waals surface area (Å²) < 4.78 is 39.9. The van der Waals surface area contributed by atoms with Gasteiger partial charge in [-0.15, -0.1) is 0 Å². The van der Waals surface area contributed by atoms with E-state index in [1.807, 2.05) is 73.7 Å². The van der Waals surface area contributed by atoms with Gasteiger partial charge in [0.15, 0.2) is 0 Å². The van der Waals surface area contributed by atoms with E-state index < -0.39 is 13.2 Å². The largest absolute Gasteiger partial charge is 0.779 e. The van der Waals surface area contributed by atoms with E-state index in [-0.39, 0.29) is 44.1 Å². The maximum atomic E-state index is 10.5. The minimum atomic E-state index is -3.54. The van der Waals surface area contributed by atoms with Gasteiger partial charge in [0, 0.05) is 45.8 Å². The molecular formula is C29H37O6PU-2. The molecule has 0 aliphatic carbocycles. The molecule has 0 bridgehead atoms. The third kappa shape index (κ3) is 9.59. The van der Waals surface area contributed by atoms with Gasteiger partial charge in [0.1, 0.15) is 24.7 Å². The van der Waals surface area contributed by atoms with Crippen molar-refractivity contribution in [1.29, 1.82) is 0 Å². The Morgan fingerprint density at radius 2 is 1.38 bits per heavy atom. The molecule has 0 spiro atoms. The minimum absolute atomic E-state index is 0. The molecule has 0 saturated heterocycles. The van der Waals surface area contributed by atoms with Crippen LogP contribution in [0.1, 0.15) is 45.2 Å². The predicted molar refractivity (Wildman–Crippen MR) is 143 cm³/mol. The first-order valence-electron chi connectivity index (χ1n) is 12.5. The number of rotatable bonds is 11. The second-order valence-electron chi connectivity index (χ2n) is 8.01. The molecule has 200 valence electrons. The third-order valence-corrected chi connectivity index (χ3v) is 6.25. The minimum Gasteiger partial charge on any atom is -0.779 e. The van der Waals surface area contributed by atoms with Crippen LogP contribution in [-0.4, -0.2) is 33.6 Å². The van der Waals surface area contributed by atoms with Gasteiger partial charge in [0.25, 0.3) is 0 Å². The molecule has 0 fully saturated rings. The Morgan fingerprint density at radius 3 is 1.70 bits per heavy atom. The standard InChI is InChI=1S/C23H24O3.C6H14O3P.U/c1-4-26-23(18-8-6-5-7-9-18,19-10-14-21(24-2)15-11-19)20-12-16-22(25-3)17-13-20;1-4-6(5-2)9-10(3,7)8;/h5-17H,4H2,1-3H3;4,6H,5H2,1-3H3,(H,7,8);/q;-1;/p-1/i1T;;. The van der Waals surface area contributed by atoms with Crippen molar-refractivity contribution in [2.45, 2.75) is 38.9 Å². The number of hydrogen-bond donors (Lipinski definition) is 0. The fraction of sp³-hybridized carbons (Fsp3) is 0.345. The van der Waals surface area contributed by atoms with Crippen molar-refractivity contribution in [1.82, 2.24) is 0 Å². The van der Waals surface area contributed by atoms with E-state index in [4.69, 9.17) is 15.6 Å². The van der Waals surface area contributed by atoms with Crippen LogP contribution in [0.2, 0.25) is 0 Å². The maximum absolute atomic E-state index is 10.5. The molecule has 0 aliphatic heterocycles. The molecular weight excluding hydrogens is 713 g/mol. The Kier molecular flexibility index (Phi) is 14.0. The van der Waals surface area contributed by atoms with Crippen LogP contribution in [0.4, 0.5) is 0 Å². The second-order valence-corrected chi connectivity index (χ2v) is 9.76. The molecule has 0 heterocycles. The van der Waals surface area contributed by atoms with Crippen LogP contribution in [0.15, 0.2) is 78.9 Å². The van der Waals surface area contributed by atoms with Crippen LogP contribution in [0, 0.1) is 37.5 Å².